The Kier molecular flexibility index (Phi) is 2.78. The molecular weight excluding hydrogens is 230 g/mol. The van der Waals surface area contributed by atoms with Gasteiger partial charge in [-0.1, -0.05) is 18.5 Å². The maximum atomic E-state index is 10.7. The van der Waals surface area contributed by atoms with Crippen molar-refractivity contribution in [2.45, 2.75) is 13.3 Å². The molecule has 0 aliphatic heterocycles. The molecule has 6 heteroatoms. The molecule has 0 bridgehead atoms. The lowest BCUT2D eigenvalue weighted by molar-refractivity contribution is -0.141. The minimum atomic E-state index is -0.822. The molecule has 0 spiro atoms. The molecule has 84 valence electrons. The first-order valence-electron chi connectivity index (χ1n) is 4.78. The van der Waals surface area contributed by atoms with Crippen molar-refractivity contribution in [1.82, 2.24) is 14.4 Å². The van der Waals surface area contributed by atoms with Crippen LogP contribution in [-0.2, 0) is 11.2 Å². The quantitative estimate of drug-likeness (QED) is 0.884. The van der Waals surface area contributed by atoms with Gasteiger partial charge in [0, 0.05) is 12.4 Å². The third-order valence-corrected chi connectivity index (χ3v) is 2.62. The Balaban J connectivity index is 2.32. The molecule has 16 heavy (non-hydrogen) atoms. The highest BCUT2D eigenvalue weighted by Crippen LogP contribution is 2.13. The summed E-state index contributed by atoms with van der Waals surface area (Å²) >= 11 is 5.89. The molecule has 0 saturated carbocycles. The Morgan fingerprint density at radius 3 is 2.94 bits per heavy atom. The van der Waals surface area contributed by atoms with E-state index in [1.165, 1.54) is 6.20 Å². The van der Waals surface area contributed by atoms with Gasteiger partial charge in [0.2, 0.25) is 5.78 Å². The van der Waals surface area contributed by atoms with Crippen LogP contribution in [0.25, 0.3) is 5.78 Å². The lowest BCUT2D eigenvalue weighted by Crippen LogP contribution is -2.12. The van der Waals surface area contributed by atoms with Gasteiger partial charge in [0.1, 0.15) is 5.15 Å². The van der Waals surface area contributed by atoms with Crippen molar-refractivity contribution in [3.05, 3.63) is 29.3 Å². The number of rotatable bonds is 3. The first-order valence-corrected chi connectivity index (χ1v) is 5.16. The van der Waals surface area contributed by atoms with Crippen molar-refractivity contribution in [2.75, 3.05) is 0 Å². The van der Waals surface area contributed by atoms with Gasteiger partial charge >= 0.3 is 5.97 Å². The van der Waals surface area contributed by atoms with E-state index in [1.807, 2.05) is 0 Å². The Labute approximate surface area is 96.7 Å². The molecule has 0 aliphatic rings. The van der Waals surface area contributed by atoms with Crippen LogP contribution < -0.4 is 0 Å². The van der Waals surface area contributed by atoms with Crippen LogP contribution in [0, 0.1) is 5.92 Å². The second-order valence-corrected chi connectivity index (χ2v) is 4.04. The zero-order valence-electron chi connectivity index (χ0n) is 8.59. The summed E-state index contributed by atoms with van der Waals surface area (Å²) in [6.07, 6.45) is 5.32. The SMILES string of the molecule is CC(Cc1cnc2ncc(Cl)n2c1)C(=O)O. The summed E-state index contributed by atoms with van der Waals surface area (Å²) in [5.74, 6) is -0.755. The summed E-state index contributed by atoms with van der Waals surface area (Å²) in [6, 6.07) is 0. The lowest BCUT2D eigenvalue weighted by Gasteiger charge is -2.06. The summed E-state index contributed by atoms with van der Waals surface area (Å²) in [5, 5.41) is 9.27. The molecule has 1 atom stereocenters. The second kappa shape index (κ2) is 4.09. The predicted molar refractivity (Wildman–Crippen MR) is 58.5 cm³/mol. The van der Waals surface area contributed by atoms with Crippen LogP contribution in [0.4, 0.5) is 0 Å². The number of hydrogen-bond donors (Lipinski definition) is 1. The van der Waals surface area contributed by atoms with Crippen LogP contribution in [0.2, 0.25) is 5.15 Å². The van der Waals surface area contributed by atoms with Gasteiger partial charge in [0.15, 0.2) is 0 Å². The molecule has 5 nitrogen and oxygen atoms in total. The number of fused-ring (bicyclic) bond motifs is 1. The first kappa shape index (κ1) is 10.9. The van der Waals surface area contributed by atoms with Crippen molar-refractivity contribution >= 4 is 23.3 Å². The molecule has 2 aromatic rings. The van der Waals surface area contributed by atoms with Gasteiger partial charge < -0.3 is 5.11 Å². The number of carboxylic acids is 1. The summed E-state index contributed by atoms with van der Waals surface area (Å²) in [4.78, 5) is 18.8. The fourth-order valence-electron chi connectivity index (χ4n) is 1.43. The number of halogens is 1. The predicted octanol–water partition coefficient (Wildman–Crippen LogP) is 1.65. The molecule has 1 unspecified atom stereocenters. The number of nitrogens with zero attached hydrogens (tertiary/aromatic N) is 3. The first-order chi connectivity index (χ1) is 7.58. The van der Waals surface area contributed by atoms with Crippen LogP contribution in [0.3, 0.4) is 0 Å². The smallest absolute Gasteiger partial charge is 0.306 e. The highest BCUT2D eigenvalue weighted by Gasteiger charge is 2.12. The minimum Gasteiger partial charge on any atom is -0.481 e. The van der Waals surface area contributed by atoms with Crippen LogP contribution in [0.15, 0.2) is 18.6 Å². The Bertz CT molecular complexity index is 538. The fraction of sp³-hybridized carbons (Fsp3) is 0.300. The number of aromatic nitrogens is 3. The molecule has 0 amide bonds. The number of imidazole rings is 1. The van der Waals surface area contributed by atoms with Gasteiger partial charge in [-0.15, -0.1) is 0 Å². The zero-order valence-corrected chi connectivity index (χ0v) is 9.35. The summed E-state index contributed by atoms with van der Waals surface area (Å²) in [6.45, 7) is 1.65. The van der Waals surface area contributed by atoms with Gasteiger partial charge in [-0.05, 0) is 12.0 Å². The van der Waals surface area contributed by atoms with Crippen molar-refractivity contribution in [3.8, 4) is 0 Å². The van der Waals surface area contributed by atoms with Crippen molar-refractivity contribution < 1.29 is 9.90 Å². The molecule has 0 saturated heterocycles. The largest absolute Gasteiger partial charge is 0.481 e. The minimum absolute atomic E-state index is 0.423. The molecular formula is C10H10ClN3O2. The van der Waals surface area contributed by atoms with E-state index < -0.39 is 11.9 Å². The Morgan fingerprint density at radius 2 is 2.25 bits per heavy atom. The topological polar surface area (TPSA) is 67.5 Å². The van der Waals surface area contributed by atoms with Crippen LogP contribution in [-0.4, -0.2) is 25.4 Å². The number of carbonyl (C=O) groups is 1. The molecule has 2 heterocycles. The maximum Gasteiger partial charge on any atom is 0.306 e. The third-order valence-electron chi connectivity index (χ3n) is 2.34. The second-order valence-electron chi connectivity index (χ2n) is 3.66. The monoisotopic (exact) mass is 239 g/mol. The standard InChI is InChI=1S/C10H10ClN3O2/c1-6(9(15)16)2-7-3-12-10-13-4-8(11)14(10)5-7/h3-6H,2H2,1H3,(H,15,16). The van der Waals surface area contributed by atoms with E-state index in [1.54, 1.807) is 23.7 Å². The van der Waals surface area contributed by atoms with Crippen molar-refractivity contribution in [2.24, 2.45) is 5.92 Å². The van der Waals surface area contributed by atoms with E-state index in [2.05, 4.69) is 9.97 Å². The maximum absolute atomic E-state index is 10.7. The molecule has 2 aromatic heterocycles. The average molecular weight is 240 g/mol. The van der Waals surface area contributed by atoms with E-state index in [4.69, 9.17) is 16.7 Å². The van der Waals surface area contributed by atoms with Gasteiger partial charge in [-0.2, -0.15) is 0 Å². The van der Waals surface area contributed by atoms with Crippen LogP contribution in [0.1, 0.15) is 12.5 Å². The van der Waals surface area contributed by atoms with Gasteiger partial charge in [0.25, 0.3) is 0 Å². The number of hydrogen-bond acceptors (Lipinski definition) is 3. The van der Waals surface area contributed by atoms with Crippen molar-refractivity contribution in [3.63, 3.8) is 0 Å². The van der Waals surface area contributed by atoms with Crippen LogP contribution in [0.5, 0.6) is 0 Å². The number of aliphatic carboxylic acids is 1. The van der Waals surface area contributed by atoms with E-state index in [0.717, 1.165) is 5.56 Å². The normalized spacial score (nSPS) is 12.9. The summed E-state index contributed by atoms with van der Waals surface area (Å²) in [5.41, 5.74) is 0.822. The van der Waals surface area contributed by atoms with E-state index in [0.29, 0.717) is 17.4 Å². The fourth-order valence-corrected chi connectivity index (χ4v) is 1.61. The van der Waals surface area contributed by atoms with E-state index in [9.17, 15) is 4.79 Å². The summed E-state index contributed by atoms with van der Waals surface area (Å²) < 4.78 is 1.63. The molecule has 0 radical (unpaired) electrons. The van der Waals surface area contributed by atoms with Crippen LogP contribution >= 0.6 is 11.6 Å². The molecule has 0 fully saturated rings. The zero-order chi connectivity index (χ0) is 11.7. The number of carboxylic acid groups (broad SMARTS) is 1. The van der Waals surface area contributed by atoms with Gasteiger partial charge in [-0.3, -0.25) is 9.20 Å². The highest BCUT2D eigenvalue weighted by molar-refractivity contribution is 6.29. The van der Waals surface area contributed by atoms with Gasteiger partial charge in [-0.25, -0.2) is 9.97 Å². The molecule has 0 aliphatic carbocycles. The summed E-state index contributed by atoms with van der Waals surface area (Å²) in [7, 11) is 0. The molecule has 1 N–H and O–H groups in total. The van der Waals surface area contributed by atoms with E-state index >= 15 is 0 Å². The molecule has 0 aromatic carbocycles. The Hall–Kier alpha value is -1.62. The lowest BCUT2D eigenvalue weighted by atomic mass is 10.0. The van der Waals surface area contributed by atoms with Gasteiger partial charge in [0.05, 0.1) is 12.1 Å². The Morgan fingerprint density at radius 1 is 1.56 bits per heavy atom. The van der Waals surface area contributed by atoms with E-state index in [-0.39, 0.29) is 0 Å². The average Bonchev–Trinajstić information content (AvgIpc) is 2.60. The molecule has 2 rings (SSSR count). The third kappa shape index (κ3) is 1.99. The van der Waals surface area contributed by atoms with Crippen molar-refractivity contribution in [1.29, 1.82) is 0 Å². The highest BCUT2D eigenvalue weighted by atomic mass is 35.5.